The summed E-state index contributed by atoms with van der Waals surface area (Å²) in [6.07, 6.45) is -4.66. The first kappa shape index (κ1) is 37.9. The number of rotatable bonds is 5. The van der Waals surface area contributed by atoms with E-state index in [-0.39, 0.29) is 11.1 Å². The summed E-state index contributed by atoms with van der Waals surface area (Å²) < 4.78 is 46.0. The Morgan fingerprint density at radius 2 is 0.919 bits per heavy atom. The summed E-state index contributed by atoms with van der Waals surface area (Å²) in [5.41, 5.74) is 5.50. The van der Waals surface area contributed by atoms with Gasteiger partial charge in [0.25, 0.3) is 0 Å². The van der Waals surface area contributed by atoms with Crippen LogP contribution < -0.4 is 0 Å². The van der Waals surface area contributed by atoms with Crippen molar-refractivity contribution in [3.05, 3.63) is 155 Å². The van der Waals surface area contributed by atoms with E-state index in [0.717, 1.165) is 66.9 Å². The van der Waals surface area contributed by atoms with Gasteiger partial charge in [-0.25, -0.2) is 29.9 Å². The van der Waals surface area contributed by atoms with E-state index in [4.69, 9.17) is 0 Å². The zero-order valence-corrected chi connectivity index (χ0v) is 33.6. The Balaban J connectivity index is 1.31. The summed E-state index contributed by atoms with van der Waals surface area (Å²) in [6, 6.07) is 38.7. The summed E-state index contributed by atoms with van der Waals surface area (Å²) >= 11 is 0. The number of alkyl halides is 3. The van der Waals surface area contributed by atoms with Gasteiger partial charge in [-0.1, -0.05) is 42.5 Å². The Bertz CT molecular complexity index is 3370. The molecule has 0 aliphatic carbocycles. The van der Waals surface area contributed by atoms with Crippen molar-refractivity contribution in [3.8, 4) is 57.4 Å². The van der Waals surface area contributed by atoms with Gasteiger partial charge in [0.2, 0.25) is 0 Å². The summed E-state index contributed by atoms with van der Waals surface area (Å²) in [5, 5.41) is 25.2. The maximum Gasteiger partial charge on any atom is 0.416 e. The maximum absolute atomic E-state index is 14.0. The molecule has 62 heavy (non-hydrogen) atoms. The summed E-state index contributed by atoms with van der Waals surface area (Å²) in [5.74, 6) is 3.42. The number of hydrogen-bond donors (Lipinski definition) is 0. The number of nitrogens with zero attached hydrogens (tertiary/aromatic N) is 10. The number of para-hydroxylation sites is 2. The molecule has 13 heteroatoms. The first-order valence-electron chi connectivity index (χ1n) is 19.6. The number of aromatic nitrogens is 8. The topological polar surface area (TPSA) is 135 Å². The van der Waals surface area contributed by atoms with Crippen molar-refractivity contribution in [2.75, 3.05) is 0 Å². The van der Waals surface area contributed by atoms with Crippen molar-refractivity contribution in [2.45, 2.75) is 33.9 Å². The molecule has 0 saturated heterocycles. The molecule has 0 N–H and O–H groups in total. The van der Waals surface area contributed by atoms with Crippen molar-refractivity contribution in [1.82, 2.24) is 39.0 Å². The van der Waals surface area contributed by atoms with Crippen LogP contribution in [-0.4, -0.2) is 39.0 Å². The minimum atomic E-state index is -4.66. The molecule has 0 fully saturated rings. The molecule has 4 heterocycles. The van der Waals surface area contributed by atoms with Crippen molar-refractivity contribution in [1.29, 1.82) is 10.5 Å². The molecule has 0 aliphatic heterocycles. The number of halogens is 3. The quantitative estimate of drug-likeness (QED) is 0.168. The smallest absolute Gasteiger partial charge is 0.308 e. The fraction of sp³-hybridized carbons (Fsp3) is 0.102. The highest BCUT2D eigenvalue weighted by Gasteiger charge is 2.32. The van der Waals surface area contributed by atoms with Crippen molar-refractivity contribution in [2.24, 2.45) is 0 Å². The molecule has 0 spiro atoms. The van der Waals surface area contributed by atoms with E-state index in [2.05, 4.69) is 36.0 Å². The van der Waals surface area contributed by atoms with Gasteiger partial charge in [-0.3, -0.25) is 0 Å². The molecular formula is C49H31F3N10. The maximum atomic E-state index is 14.0. The molecule has 298 valence electrons. The average molecular weight is 817 g/mol. The fourth-order valence-electron chi connectivity index (χ4n) is 8.53. The van der Waals surface area contributed by atoms with Crippen LogP contribution in [-0.2, 0) is 6.18 Å². The molecule has 10 nitrogen and oxygen atoms in total. The molecule has 0 atom stereocenters. The fourth-order valence-corrected chi connectivity index (χ4v) is 8.53. The Morgan fingerprint density at radius 3 is 1.35 bits per heavy atom. The van der Waals surface area contributed by atoms with E-state index in [1.54, 1.807) is 12.1 Å². The third-order valence-corrected chi connectivity index (χ3v) is 11.0. The highest BCUT2D eigenvalue weighted by atomic mass is 19.4. The SMILES string of the molecule is Cc1nc(C)nc(-c2ccc3c(c2)c2ccccc2n3-c2cc(-c3ccc(C(F)(F)F)cc3C#N)cc(-n3c4ccccc4c4cc(-c5nc(C)nc(C)n5)ccc43)c2C#N)n1. The van der Waals surface area contributed by atoms with Crippen LogP contribution in [0.15, 0.2) is 115 Å². The van der Waals surface area contributed by atoms with Gasteiger partial charge in [0, 0.05) is 32.7 Å². The summed E-state index contributed by atoms with van der Waals surface area (Å²) in [6.45, 7) is 7.27. The number of aryl methyl sites for hydroxylation is 4. The van der Waals surface area contributed by atoms with E-state index in [0.29, 0.717) is 57.4 Å². The molecule has 0 aliphatic rings. The molecule has 0 amide bonds. The van der Waals surface area contributed by atoms with Gasteiger partial charge >= 0.3 is 6.18 Å². The van der Waals surface area contributed by atoms with Crippen LogP contribution in [0.1, 0.15) is 40.0 Å². The molecule has 4 aromatic heterocycles. The molecule has 0 radical (unpaired) electrons. The minimum Gasteiger partial charge on any atom is -0.308 e. The van der Waals surface area contributed by atoms with E-state index in [9.17, 15) is 23.7 Å². The van der Waals surface area contributed by atoms with Gasteiger partial charge in [-0.05, 0) is 112 Å². The normalized spacial score (nSPS) is 11.8. The van der Waals surface area contributed by atoms with Gasteiger partial charge < -0.3 is 9.13 Å². The van der Waals surface area contributed by atoms with E-state index in [1.165, 1.54) is 6.07 Å². The van der Waals surface area contributed by atoms with Crippen LogP contribution in [0.4, 0.5) is 13.2 Å². The second kappa shape index (κ2) is 14.2. The Labute approximate surface area is 351 Å². The first-order valence-corrected chi connectivity index (χ1v) is 19.6. The Morgan fingerprint density at radius 1 is 0.468 bits per heavy atom. The van der Waals surface area contributed by atoms with Crippen molar-refractivity contribution < 1.29 is 13.2 Å². The lowest BCUT2D eigenvalue weighted by molar-refractivity contribution is -0.137. The predicted molar refractivity (Wildman–Crippen MR) is 232 cm³/mol. The van der Waals surface area contributed by atoms with Crippen LogP contribution in [0.3, 0.4) is 0 Å². The van der Waals surface area contributed by atoms with Gasteiger partial charge in [0.05, 0.1) is 50.6 Å². The van der Waals surface area contributed by atoms with Gasteiger partial charge in [0.1, 0.15) is 34.9 Å². The lowest BCUT2D eigenvalue weighted by atomic mass is 9.95. The third kappa shape index (κ3) is 6.18. The molecular weight excluding hydrogens is 786 g/mol. The zero-order valence-electron chi connectivity index (χ0n) is 33.6. The summed E-state index contributed by atoms with van der Waals surface area (Å²) in [4.78, 5) is 27.1. The molecule has 0 saturated carbocycles. The third-order valence-electron chi connectivity index (χ3n) is 11.0. The Kier molecular flexibility index (Phi) is 8.68. The van der Waals surface area contributed by atoms with Crippen LogP contribution in [0.25, 0.3) is 88.9 Å². The van der Waals surface area contributed by atoms with Crippen LogP contribution in [0, 0.1) is 50.4 Å². The van der Waals surface area contributed by atoms with Crippen molar-refractivity contribution in [3.63, 3.8) is 0 Å². The van der Waals surface area contributed by atoms with E-state index in [1.807, 2.05) is 128 Å². The van der Waals surface area contributed by atoms with E-state index >= 15 is 0 Å². The zero-order chi connectivity index (χ0) is 43.0. The van der Waals surface area contributed by atoms with Crippen LogP contribution >= 0.6 is 0 Å². The average Bonchev–Trinajstić information content (AvgIpc) is 3.76. The second-order valence-corrected chi connectivity index (χ2v) is 15.0. The van der Waals surface area contributed by atoms with E-state index < -0.39 is 11.7 Å². The second-order valence-electron chi connectivity index (χ2n) is 15.0. The monoisotopic (exact) mass is 816 g/mol. The highest BCUT2D eigenvalue weighted by Crippen LogP contribution is 2.42. The number of nitriles is 2. The molecule has 10 aromatic rings. The standard InChI is InChI=1S/C49H31F3N10/c1-26-55-27(2)58-47(57-26)30-13-17-43-38(20-30)36-9-5-7-11-41(36)61(43)45-22-32(35-16-15-34(49(50,51)52)19-33(35)24-53)23-46(40(45)25-54)62-42-12-8-6-10-37(42)39-21-31(14-18-44(39)62)48-59-28(3)56-29(4)60-48/h5-23H,1-4H3. The number of hydrogen-bond acceptors (Lipinski definition) is 8. The molecule has 0 bridgehead atoms. The number of fused-ring (bicyclic) bond motifs is 6. The van der Waals surface area contributed by atoms with Crippen LogP contribution in [0.2, 0.25) is 0 Å². The lowest BCUT2D eigenvalue weighted by Crippen LogP contribution is -2.07. The molecule has 10 rings (SSSR count). The lowest BCUT2D eigenvalue weighted by Gasteiger charge is -2.19. The first-order chi connectivity index (χ1) is 29.9. The minimum absolute atomic E-state index is 0.161. The Hall–Kier alpha value is -8.29. The van der Waals surface area contributed by atoms with Crippen molar-refractivity contribution >= 4 is 43.6 Å². The van der Waals surface area contributed by atoms with Gasteiger partial charge in [-0.2, -0.15) is 23.7 Å². The summed E-state index contributed by atoms with van der Waals surface area (Å²) in [7, 11) is 0. The van der Waals surface area contributed by atoms with Gasteiger partial charge in [0.15, 0.2) is 11.6 Å². The predicted octanol–water partition coefficient (Wildman–Crippen LogP) is 11.2. The van der Waals surface area contributed by atoms with Crippen LogP contribution in [0.5, 0.6) is 0 Å². The number of benzene rings is 6. The van der Waals surface area contributed by atoms with Gasteiger partial charge in [-0.15, -0.1) is 0 Å². The molecule has 6 aromatic carbocycles. The molecule has 0 unspecified atom stereocenters. The largest absolute Gasteiger partial charge is 0.416 e. The highest BCUT2D eigenvalue weighted by molar-refractivity contribution is 6.12.